The Balaban J connectivity index is 2.41. The zero-order valence-electron chi connectivity index (χ0n) is 11.4. The van der Waals surface area contributed by atoms with Crippen molar-refractivity contribution in [3.05, 3.63) is 59.7 Å². The lowest BCUT2D eigenvalue weighted by molar-refractivity contribution is -0.137. The maximum Gasteiger partial charge on any atom is 0.416 e. The third-order valence-corrected chi connectivity index (χ3v) is 3.03. The average Bonchev–Trinajstić information content (AvgIpc) is 2.47. The molecule has 21 heavy (non-hydrogen) atoms. The summed E-state index contributed by atoms with van der Waals surface area (Å²) in [7, 11) is 0. The van der Waals surface area contributed by atoms with Gasteiger partial charge in [-0.15, -0.1) is 0 Å². The fraction of sp³-hybridized carbons (Fsp3) is 0.188. The first-order chi connectivity index (χ1) is 9.93. The molecule has 0 fully saturated rings. The molecule has 0 radical (unpaired) electrons. The van der Waals surface area contributed by atoms with Crippen LogP contribution in [-0.2, 0) is 6.18 Å². The zero-order chi connectivity index (χ0) is 15.5. The highest BCUT2D eigenvalue weighted by atomic mass is 19.4. The number of rotatable bonds is 3. The first-order valence-electron chi connectivity index (χ1n) is 6.48. The Hall–Kier alpha value is -2.30. The van der Waals surface area contributed by atoms with E-state index in [9.17, 15) is 18.0 Å². The topological polar surface area (TPSA) is 29.1 Å². The number of carbonyl (C=O) groups excluding carboxylic acids is 1. The second-order valence-corrected chi connectivity index (χ2v) is 4.48. The van der Waals surface area contributed by atoms with Crippen LogP contribution in [0.2, 0.25) is 0 Å². The van der Waals surface area contributed by atoms with E-state index in [1.54, 1.807) is 31.2 Å². The van der Waals surface area contributed by atoms with Gasteiger partial charge in [-0.05, 0) is 36.2 Å². The van der Waals surface area contributed by atoms with Crippen LogP contribution < -0.4 is 5.32 Å². The Morgan fingerprint density at radius 1 is 1.05 bits per heavy atom. The van der Waals surface area contributed by atoms with Gasteiger partial charge < -0.3 is 5.32 Å². The fourth-order valence-corrected chi connectivity index (χ4v) is 2.03. The van der Waals surface area contributed by atoms with Crippen molar-refractivity contribution in [2.45, 2.75) is 13.1 Å². The first kappa shape index (κ1) is 15.1. The van der Waals surface area contributed by atoms with Crippen molar-refractivity contribution in [3.8, 4) is 11.1 Å². The Morgan fingerprint density at radius 2 is 1.67 bits per heavy atom. The van der Waals surface area contributed by atoms with Crippen molar-refractivity contribution < 1.29 is 18.0 Å². The molecule has 110 valence electrons. The number of amides is 1. The number of carbonyl (C=O) groups is 1. The molecule has 2 rings (SSSR count). The molecule has 0 saturated heterocycles. The summed E-state index contributed by atoms with van der Waals surface area (Å²) in [6.45, 7) is 2.29. The lowest BCUT2D eigenvalue weighted by atomic mass is 9.98. The minimum absolute atomic E-state index is 0.243. The van der Waals surface area contributed by atoms with Crippen molar-refractivity contribution in [1.82, 2.24) is 5.32 Å². The number of nitrogens with one attached hydrogen (secondary N) is 1. The number of benzene rings is 2. The standard InChI is InChI=1S/C16H14F3NO/c1-2-20-15(21)14-6-4-3-5-13(14)11-7-9-12(10-8-11)16(17,18)19/h3-10H,2H2,1H3,(H,20,21). The highest BCUT2D eigenvalue weighted by molar-refractivity contribution is 6.00. The Morgan fingerprint density at radius 3 is 2.24 bits per heavy atom. The van der Waals surface area contributed by atoms with Crippen LogP contribution in [0.3, 0.4) is 0 Å². The van der Waals surface area contributed by atoms with Gasteiger partial charge >= 0.3 is 6.18 Å². The van der Waals surface area contributed by atoms with E-state index in [1.165, 1.54) is 12.1 Å². The molecule has 0 bridgehead atoms. The van der Waals surface area contributed by atoms with Crippen LogP contribution in [-0.4, -0.2) is 12.5 Å². The van der Waals surface area contributed by atoms with Crippen molar-refractivity contribution in [2.75, 3.05) is 6.54 Å². The summed E-state index contributed by atoms with van der Waals surface area (Å²) < 4.78 is 37.7. The first-order valence-corrected chi connectivity index (χ1v) is 6.48. The van der Waals surface area contributed by atoms with Crippen LogP contribution in [0.25, 0.3) is 11.1 Å². The molecule has 2 nitrogen and oxygen atoms in total. The van der Waals surface area contributed by atoms with E-state index >= 15 is 0 Å². The lowest BCUT2D eigenvalue weighted by Crippen LogP contribution is -2.23. The molecule has 0 saturated carbocycles. The van der Waals surface area contributed by atoms with Crippen molar-refractivity contribution in [1.29, 1.82) is 0 Å². The van der Waals surface area contributed by atoms with E-state index in [1.807, 2.05) is 0 Å². The average molecular weight is 293 g/mol. The number of hydrogen-bond acceptors (Lipinski definition) is 1. The molecule has 0 aliphatic carbocycles. The molecular formula is C16H14F3NO. The van der Waals surface area contributed by atoms with E-state index in [2.05, 4.69) is 5.32 Å². The lowest BCUT2D eigenvalue weighted by Gasteiger charge is -2.11. The summed E-state index contributed by atoms with van der Waals surface area (Å²) >= 11 is 0. The predicted octanol–water partition coefficient (Wildman–Crippen LogP) is 4.12. The van der Waals surface area contributed by atoms with E-state index in [-0.39, 0.29) is 5.91 Å². The smallest absolute Gasteiger partial charge is 0.352 e. The molecular weight excluding hydrogens is 279 g/mol. The maximum absolute atomic E-state index is 12.6. The van der Waals surface area contributed by atoms with Gasteiger partial charge in [0.2, 0.25) is 0 Å². The third kappa shape index (κ3) is 3.42. The minimum atomic E-state index is -4.36. The molecule has 1 amide bonds. The molecule has 2 aromatic rings. The van der Waals surface area contributed by atoms with Gasteiger partial charge in [0.05, 0.1) is 5.56 Å². The molecule has 0 aliphatic rings. The minimum Gasteiger partial charge on any atom is -0.352 e. The van der Waals surface area contributed by atoms with E-state index in [4.69, 9.17) is 0 Å². The molecule has 0 atom stereocenters. The van der Waals surface area contributed by atoms with Crippen LogP contribution in [0.5, 0.6) is 0 Å². The molecule has 0 unspecified atom stereocenters. The summed E-state index contributed by atoms with van der Waals surface area (Å²) in [5.74, 6) is -0.243. The van der Waals surface area contributed by atoms with Crippen LogP contribution in [0.4, 0.5) is 13.2 Å². The van der Waals surface area contributed by atoms with Gasteiger partial charge in [0.25, 0.3) is 5.91 Å². The number of alkyl halides is 3. The third-order valence-electron chi connectivity index (χ3n) is 3.03. The van der Waals surface area contributed by atoms with Crippen molar-refractivity contribution in [2.24, 2.45) is 0 Å². The number of halogens is 3. The van der Waals surface area contributed by atoms with Gasteiger partial charge in [0.15, 0.2) is 0 Å². The second-order valence-electron chi connectivity index (χ2n) is 4.48. The van der Waals surface area contributed by atoms with E-state index < -0.39 is 11.7 Å². The van der Waals surface area contributed by atoms with Gasteiger partial charge in [-0.3, -0.25) is 4.79 Å². The van der Waals surface area contributed by atoms with Gasteiger partial charge in [-0.1, -0.05) is 30.3 Å². The monoisotopic (exact) mass is 293 g/mol. The molecule has 0 heterocycles. The number of hydrogen-bond donors (Lipinski definition) is 1. The zero-order valence-corrected chi connectivity index (χ0v) is 11.4. The van der Waals surface area contributed by atoms with Crippen LogP contribution in [0, 0.1) is 0 Å². The quantitative estimate of drug-likeness (QED) is 0.906. The largest absolute Gasteiger partial charge is 0.416 e. The van der Waals surface area contributed by atoms with Crippen LogP contribution in [0.15, 0.2) is 48.5 Å². The normalized spacial score (nSPS) is 11.2. The van der Waals surface area contributed by atoms with E-state index in [0.717, 1.165) is 12.1 Å². The molecule has 1 N–H and O–H groups in total. The molecule has 0 spiro atoms. The highest BCUT2D eigenvalue weighted by Crippen LogP contribution is 2.31. The highest BCUT2D eigenvalue weighted by Gasteiger charge is 2.30. The summed E-state index contributed by atoms with van der Waals surface area (Å²) in [6.07, 6.45) is -4.36. The SMILES string of the molecule is CCNC(=O)c1ccccc1-c1ccc(C(F)(F)F)cc1. The van der Waals surface area contributed by atoms with Gasteiger partial charge in [0.1, 0.15) is 0 Å². The maximum atomic E-state index is 12.6. The predicted molar refractivity (Wildman–Crippen MR) is 74.9 cm³/mol. The molecule has 2 aromatic carbocycles. The Bertz CT molecular complexity index is 633. The van der Waals surface area contributed by atoms with Gasteiger partial charge in [-0.2, -0.15) is 13.2 Å². The Labute approximate surface area is 120 Å². The van der Waals surface area contributed by atoms with Crippen molar-refractivity contribution >= 4 is 5.91 Å². The van der Waals surface area contributed by atoms with Gasteiger partial charge in [-0.25, -0.2) is 0 Å². The second kappa shape index (κ2) is 5.99. The van der Waals surface area contributed by atoms with Crippen molar-refractivity contribution in [3.63, 3.8) is 0 Å². The fourth-order valence-electron chi connectivity index (χ4n) is 2.03. The summed E-state index contributed by atoms with van der Waals surface area (Å²) in [6, 6.07) is 11.6. The van der Waals surface area contributed by atoms with Crippen LogP contribution >= 0.6 is 0 Å². The molecule has 0 aromatic heterocycles. The van der Waals surface area contributed by atoms with Gasteiger partial charge in [0, 0.05) is 12.1 Å². The van der Waals surface area contributed by atoms with Crippen LogP contribution in [0.1, 0.15) is 22.8 Å². The molecule has 0 aliphatic heterocycles. The summed E-state index contributed by atoms with van der Waals surface area (Å²) in [5, 5.41) is 2.69. The van der Waals surface area contributed by atoms with E-state index in [0.29, 0.717) is 23.2 Å². The Kier molecular flexibility index (Phi) is 4.31. The summed E-state index contributed by atoms with van der Waals surface area (Å²) in [4.78, 5) is 12.0. The summed E-state index contributed by atoms with van der Waals surface area (Å²) in [5.41, 5.74) is 0.919. The molecule has 5 heteroatoms.